The van der Waals surface area contributed by atoms with Crippen molar-refractivity contribution in [2.75, 3.05) is 6.61 Å². The Labute approximate surface area is 79.9 Å². The highest BCUT2D eigenvalue weighted by Crippen LogP contribution is 2.09. The summed E-state index contributed by atoms with van der Waals surface area (Å²) in [5.41, 5.74) is 5.23. The smallest absolute Gasteiger partial charge is 0.325 e. The van der Waals surface area contributed by atoms with Crippen molar-refractivity contribution in [1.29, 1.82) is 0 Å². The molecule has 4 nitrogen and oxygen atoms in total. The molecule has 5 heteroatoms. The molecule has 1 heterocycles. The van der Waals surface area contributed by atoms with Crippen molar-refractivity contribution < 1.29 is 14.6 Å². The first kappa shape index (κ1) is 10.2. The number of rotatable bonds is 4. The molecule has 13 heavy (non-hydrogen) atoms. The minimum Gasteiger partial charge on any atom is -0.459 e. The molecule has 0 aromatic carbocycles. The second kappa shape index (κ2) is 4.96. The molecule has 1 rings (SSSR count). The number of carbonyl (C=O) groups is 1. The molecular formula is C8H11NO3S. The predicted molar refractivity (Wildman–Crippen MR) is 49.2 cm³/mol. The summed E-state index contributed by atoms with van der Waals surface area (Å²) in [4.78, 5) is 11.9. The van der Waals surface area contributed by atoms with E-state index in [1.807, 2.05) is 17.5 Å². The van der Waals surface area contributed by atoms with E-state index in [1.54, 1.807) is 0 Å². The second-order valence-corrected chi connectivity index (χ2v) is 3.51. The molecule has 0 unspecified atom stereocenters. The lowest BCUT2D eigenvalue weighted by Gasteiger charge is -2.07. The summed E-state index contributed by atoms with van der Waals surface area (Å²) in [6, 6.07) is 2.81. The topological polar surface area (TPSA) is 72.5 Å². The van der Waals surface area contributed by atoms with Gasteiger partial charge in [-0.05, 0) is 11.4 Å². The van der Waals surface area contributed by atoms with Crippen LogP contribution in [0.25, 0.3) is 0 Å². The van der Waals surface area contributed by atoms with Crippen LogP contribution < -0.4 is 5.73 Å². The average Bonchev–Trinajstić information content (AvgIpc) is 2.65. The Bertz CT molecular complexity index is 260. The predicted octanol–water partition coefficient (Wildman–Crippen LogP) is 0.111. The van der Waals surface area contributed by atoms with Gasteiger partial charge in [0.05, 0.1) is 6.61 Å². The van der Waals surface area contributed by atoms with E-state index in [0.717, 1.165) is 4.88 Å². The lowest BCUT2D eigenvalue weighted by molar-refractivity contribution is -0.147. The number of ether oxygens (including phenoxy) is 1. The third kappa shape index (κ3) is 3.14. The maximum absolute atomic E-state index is 11.0. The molecule has 0 radical (unpaired) electrons. The van der Waals surface area contributed by atoms with E-state index in [4.69, 9.17) is 15.6 Å². The third-order valence-corrected chi connectivity index (χ3v) is 2.29. The van der Waals surface area contributed by atoms with E-state index < -0.39 is 12.0 Å². The standard InChI is InChI=1S/C8H11NO3S/c9-7(4-10)8(11)12-5-6-2-1-3-13-6/h1-3,7,10H,4-5,9H2/t7-/m0/s1. The summed E-state index contributed by atoms with van der Waals surface area (Å²) in [5.74, 6) is -0.573. The van der Waals surface area contributed by atoms with Gasteiger partial charge in [-0.1, -0.05) is 6.07 Å². The quantitative estimate of drug-likeness (QED) is 0.678. The fraction of sp³-hybridized carbons (Fsp3) is 0.375. The highest BCUT2D eigenvalue weighted by Gasteiger charge is 2.13. The minimum absolute atomic E-state index is 0.226. The van der Waals surface area contributed by atoms with Crippen LogP contribution in [0.4, 0.5) is 0 Å². The molecule has 0 saturated carbocycles. The van der Waals surface area contributed by atoms with E-state index in [0.29, 0.717) is 0 Å². The van der Waals surface area contributed by atoms with Crippen LogP contribution in [0.1, 0.15) is 4.88 Å². The lowest BCUT2D eigenvalue weighted by Crippen LogP contribution is -2.35. The summed E-state index contributed by atoms with van der Waals surface area (Å²) < 4.78 is 4.83. The molecular weight excluding hydrogens is 190 g/mol. The Hall–Kier alpha value is -0.910. The normalized spacial score (nSPS) is 12.5. The van der Waals surface area contributed by atoms with Gasteiger partial charge < -0.3 is 15.6 Å². The molecule has 1 aromatic rings. The number of aliphatic hydroxyl groups excluding tert-OH is 1. The summed E-state index contributed by atoms with van der Waals surface area (Å²) in [6.45, 7) is -0.159. The van der Waals surface area contributed by atoms with Crippen LogP contribution in [0.15, 0.2) is 17.5 Å². The molecule has 0 aliphatic carbocycles. The van der Waals surface area contributed by atoms with E-state index in [2.05, 4.69) is 0 Å². The van der Waals surface area contributed by atoms with Crippen molar-refractivity contribution in [3.8, 4) is 0 Å². The first-order valence-corrected chi connectivity index (χ1v) is 4.67. The maximum atomic E-state index is 11.0. The zero-order chi connectivity index (χ0) is 9.68. The monoisotopic (exact) mass is 201 g/mol. The third-order valence-electron chi connectivity index (χ3n) is 1.44. The Morgan fingerprint density at radius 3 is 3.08 bits per heavy atom. The minimum atomic E-state index is -0.931. The molecule has 1 aromatic heterocycles. The van der Waals surface area contributed by atoms with Crippen molar-refractivity contribution in [1.82, 2.24) is 0 Å². The van der Waals surface area contributed by atoms with Crippen LogP contribution in [0.3, 0.4) is 0 Å². The molecule has 1 atom stereocenters. The van der Waals surface area contributed by atoms with Crippen LogP contribution in [0, 0.1) is 0 Å². The Kier molecular flexibility index (Phi) is 3.88. The molecule has 0 spiro atoms. The van der Waals surface area contributed by atoms with Crippen molar-refractivity contribution in [3.63, 3.8) is 0 Å². The van der Waals surface area contributed by atoms with Gasteiger partial charge >= 0.3 is 5.97 Å². The Morgan fingerprint density at radius 2 is 2.54 bits per heavy atom. The summed E-state index contributed by atoms with van der Waals surface area (Å²) in [5, 5.41) is 10.4. The molecule has 0 aliphatic heterocycles. The van der Waals surface area contributed by atoms with E-state index in [-0.39, 0.29) is 13.2 Å². The van der Waals surface area contributed by atoms with Crippen molar-refractivity contribution in [2.45, 2.75) is 12.6 Å². The molecule has 0 amide bonds. The first-order chi connectivity index (χ1) is 6.24. The SMILES string of the molecule is N[C@@H](CO)C(=O)OCc1cccs1. The molecule has 0 fully saturated rings. The largest absolute Gasteiger partial charge is 0.459 e. The Balaban J connectivity index is 2.31. The number of hydrogen-bond acceptors (Lipinski definition) is 5. The highest BCUT2D eigenvalue weighted by molar-refractivity contribution is 7.09. The van der Waals surface area contributed by atoms with Crippen molar-refractivity contribution in [3.05, 3.63) is 22.4 Å². The number of carbonyl (C=O) groups excluding carboxylic acids is 1. The molecule has 0 bridgehead atoms. The van der Waals surface area contributed by atoms with Crippen molar-refractivity contribution >= 4 is 17.3 Å². The summed E-state index contributed by atoms with van der Waals surface area (Å²) in [7, 11) is 0. The number of esters is 1. The van der Waals surface area contributed by atoms with Crippen LogP contribution in [-0.4, -0.2) is 23.7 Å². The van der Waals surface area contributed by atoms with Crippen LogP contribution >= 0.6 is 11.3 Å². The second-order valence-electron chi connectivity index (χ2n) is 2.48. The Morgan fingerprint density at radius 1 is 1.77 bits per heavy atom. The number of aliphatic hydroxyl groups is 1. The number of thiophene rings is 1. The average molecular weight is 201 g/mol. The van der Waals surface area contributed by atoms with Gasteiger partial charge in [0, 0.05) is 4.88 Å². The van der Waals surface area contributed by atoms with Gasteiger partial charge in [0.1, 0.15) is 12.6 Å². The van der Waals surface area contributed by atoms with Crippen molar-refractivity contribution in [2.24, 2.45) is 5.73 Å². The lowest BCUT2D eigenvalue weighted by atomic mass is 10.3. The molecule has 0 aliphatic rings. The van der Waals surface area contributed by atoms with Gasteiger partial charge in [-0.25, -0.2) is 0 Å². The summed E-state index contributed by atoms with van der Waals surface area (Å²) >= 11 is 1.50. The number of nitrogens with two attached hydrogens (primary N) is 1. The fourth-order valence-electron chi connectivity index (χ4n) is 0.719. The maximum Gasteiger partial charge on any atom is 0.325 e. The van der Waals surface area contributed by atoms with Gasteiger partial charge in [0.15, 0.2) is 0 Å². The van der Waals surface area contributed by atoms with Gasteiger partial charge in [0.25, 0.3) is 0 Å². The first-order valence-electron chi connectivity index (χ1n) is 3.79. The van der Waals surface area contributed by atoms with Crippen LogP contribution in [0.5, 0.6) is 0 Å². The van der Waals surface area contributed by atoms with Gasteiger partial charge in [-0.2, -0.15) is 0 Å². The fourth-order valence-corrected chi connectivity index (χ4v) is 1.33. The highest BCUT2D eigenvalue weighted by atomic mass is 32.1. The van der Waals surface area contributed by atoms with Crippen LogP contribution in [0.2, 0.25) is 0 Å². The summed E-state index contributed by atoms with van der Waals surface area (Å²) in [6.07, 6.45) is 0. The van der Waals surface area contributed by atoms with Gasteiger partial charge in [0.2, 0.25) is 0 Å². The van der Waals surface area contributed by atoms with E-state index >= 15 is 0 Å². The molecule has 72 valence electrons. The molecule has 0 saturated heterocycles. The van der Waals surface area contributed by atoms with Gasteiger partial charge in [-0.15, -0.1) is 11.3 Å². The zero-order valence-electron chi connectivity index (χ0n) is 6.97. The molecule has 3 N–H and O–H groups in total. The van der Waals surface area contributed by atoms with E-state index in [1.165, 1.54) is 11.3 Å². The number of hydrogen-bond donors (Lipinski definition) is 2. The zero-order valence-corrected chi connectivity index (χ0v) is 7.79. The van der Waals surface area contributed by atoms with Crippen LogP contribution in [-0.2, 0) is 16.1 Å². The van der Waals surface area contributed by atoms with Gasteiger partial charge in [-0.3, -0.25) is 4.79 Å². The van der Waals surface area contributed by atoms with E-state index in [9.17, 15) is 4.79 Å².